The normalized spacial score (nSPS) is 23.5. The van der Waals surface area contributed by atoms with Crippen LogP contribution in [0.4, 0.5) is 23.8 Å². The number of primary amides is 1. The number of hydrogen-bond donors (Lipinski definition) is 2. The lowest BCUT2D eigenvalue weighted by Crippen LogP contribution is -2.48. The van der Waals surface area contributed by atoms with E-state index in [4.69, 9.17) is 15.2 Å². The second kappa shape index (κ2) is 6.92. The summed E-state index contributed by atoms with van der Waals surface area (Å²) in [6, 6.07) is 1.63. The Kier molecular flexibility index (Phi) is 4.63. The molecule has 0 bridgehead atoms. The number of nitrogens with two attached hydrogens (primary N) is 1. The standard InChI is InChI=1S/C19H19F3N4O4/c1-8(2)29-13-6-10-9(5-11(13)16(23)27)3-4-24-17(10)26-7-12-14(30-18(28)25-12)15(26)19(20,21)22/h3-6,8,12,14-15H,7H2,1-2H3,(H2,23,27)(H,25,28)/t12-,14-,15?/m1/s1. The van der Waals surface area contributed by atoms with E-state index in [1.54, 1.807) is 19.9 Å². The molecule has 2 aromatic rings. The van der Waals surface area contributed by atoms with Crippen LogP contribution in [0.25, 0.3) is 10.8 Å². The van der Waals surface area contributed by atoms with Crippen LogP contribution in [0.15, 0.2) is 24.4 Å². The smallest absolute Gasteiger partial charge is 0.412 e. The van der Waals surface area contributed by atoms with Crippen molar-refractivity contribution in [2.24, 2.45) is 5.73 Å². The van der Waals surface area contributed by atoms with E-state index >= 15 is 0 Å². The Bertz CT molecular complexity index is 1030. The fraction of sp³-hybridized carbons (Fsp3) is 0.421. The Hall–Kier alpha value is -3.24. The van der Waals surface area contributed by atoms with Crippen LogP contribution in [0.1, 0.15) is 24.2 Å². The lowest BCUT2D eigenvalue weighted by atomic mass is 10.1. The number of pyridine rings is 1. The fourth-order valence-electron chi connectivity index (χ4n) is 3.95. The van der Waals surface area contributed by atoms with Gasteiger partial charge in [-0.25, -0.2) is 9.78 Å². The van der Waals surface area contributed by atoms with E-state index in [9.17, 15) is 22.8 Å². The molecule has 0 saturated carbocycles. The highest BCUT2D eigenvalue weighted by Crippen LogP contribution is 2.41. The molecule has 2 amide bonds. The Morgan fingerprint density at radius 1 is 1.40 bits per heavy atom. The van der Waals surface area contributed by atoms with Crippen LogP contribution >= 0.6 is 0 Å². The number of carbonyl (C=O) groups is 2. The molecule has 1 aromatic carbocycles. The first-order chi connectivity index (χ1) is 14.1. The van der Waals surface area contributed by atoms with Crippen LogP contribution in [0.2, 0.25) is 0 Å². The molecule has 3 N–H and O–H groups in total. The number of rotatable bonds is 4. The van der Waals surface area contributed by atoms with Crippen LogP contribution < -0.4 is 20.7 Å². The van der Waals surface area contributed by atoms with Crippen molar-refractivity contribution in [3.63, 3.8) is 0 Å². The molecule has 30 heavy (non-hydrogen) atoms. The summed E-state index contributed by atoms with van der Waals surface area (Å²) in [6.45, 7) is 3.37. The van der Waals surface area contributed by atoms with E-state index in [-0.39, 0.29) is 29.8 Å². The van der Waals surface area contributed by atoms with Crippen molar-refractivity contribution in [3.05, 3.63) is 30.0 Å². The maximum atomic E-state index is 13.9. The number of hydrogen-bond acceptors (Lipinski definition) is 6. The van der Waals surface area contributed by atoms with Crippen molar-refractivity contribution < 1.29 is 32.2 Å². The molecule has 8 nitrogen and oxygen atoms in total. The monoisotopic (exact) mass is 424 g/mol. The minimum atomic E-state index is -4.67. The SMILES string of the molecule is CC(C)Oc1cc2c(N3C[C@H]4NC(=O)O[C@H]4C3C(F)(F)F)nccc2cc1C(N)=O. The van der Waals surface area contributed by atoms with Crippen molar-refractivity contribution in [1.82, 2.24) is 10.3 Å². The number of halogens is 3. The summed E-state index contributed by atoms with van der Waals surface area (Å²) >= 11 is 0. The van der Waals surface area contributed by atoms with E-state index < -0.39 is 36.4 Å². The van der Waals surface area contributed by atoms with Crippen molar-refractivity contribution in [1.29, 1.82) is 0 Å². The Morgan fingerprint density at radius 2 is 2.13 bits per heavy atom. The topological polar surface area (TPSA) is 107 Å². The zero-order chi connectivity index (χ0) is 21.8. The van der Waals surface area contributed by atoms with E-state index in [1.165, 1.54) is 18.3 Å². The van der Waals surface area contributed by atoms with Gasteiger partial charge in [0.2, 0.25) is 0 Å². The summed E-state index contributed by atoms with van der Waals surface area (Å²) in [5.41, 5.74) is 5.57. The maximum absolute atomic E-state index is 13.9. The molecule has 0 spiro atoms. The molecular formula is C19H19F3N4O4. The first-order valence-corrected chi connectivity index (χ1v) is 9.26. The average molecular weight is 424 g/mol. The van der Waals surface area contributed by atoms with E-state index in [2.05, 4.69) is 10.3 Å². The number of benzene rings is 1. The third-order valence-corrected chi connectivity index (χ3v) is 5.06. The van der Waals surface area contributed by atoms with Crippen molar-refractivity contribution in [2.45, 2.75) is 44.3 Å². The minimum Gasteiger partial charge on any atom is -0.490 e. The first-order valence-electron chi connectivity index (χ1n) is 9.26. The molecular weight excluding hydrogens is 405 g/mol. The number of nitrogens with one attached hydrogen (secondary N) is 1. The molecule has 11 heteroatoms. The van der Waals surface area contributed by atoms with Crippen molar-refractivity contribution in [2.75, 3.05) is 11.4 Å². The van der Waals surface area contributed by atoms with E-state index in [0.29, 0.717) is 10.8 Å². The number of fused-ring (bicyclic) bond motifs is 2. The summed E-state index contributed by atoms with van der Waals surface area (Å²) in [7, 11) is 0. The van der Waals surface area contributed by atoms with Gasteiger partial charge in [0.1, 0.15) is 11.6 Å². The molecule has 0 aliphatic carbocycles. The number of aromatic nitrogens is 1. The van der Waals surface area contributed by atoms with Crippen LogP contribution in [0, 0.1) is 0 Å². The third-order valence-electron chi connectivity index (χ3n) is 5.06. The number of alkyl carbamates (subject to hydrolysis) is 1. The summed E-state index contributed by atoms with van der Waals surface area (Å²) in [6.07, 6.45) is -5.86. The molecule has 1 unspecified atom stereocenters. The number of carbonyl (C=O) groups excluding carboxylic acids is 2. The van der Waals surface area contributed by atoms with Gasteiger partial charge in [-0.05, 0) is 37.4 Å². The quantitative estimate of drug-likeness (QED) is 0.781. The lowest BCUT2D eigenvalue weighted by molar-refractivity contribution is -0.161. The number of alkyl halides is 3. The summed E-state index contributed by atoms with van der Waals surface area (Å²) in [4.78, 5) is 28.5. The predicted octanol–water partition coefficient (Wildman–Crippen LogP) is 2.35. The van der Waals surface area contributed by atoms with E-state index in [1.807, 2.05) is 0 Å². The summed E-state index contributed by atoms with van der Waals surface area (Å²) < 4.78 is 52.3. The number of nitrogens with zero attached hydrogens (tertiary/aromatic N) is 2. The van der Waals surface area contributed by atoms with Gasteiger partial charge in [0.25, 0.3) is 5.91 Å². The van der Waals surface area contributed by atoms with Crippen LogP contribution in [0.3, 0.4) is 0 Å². The number of amides is 2. The number of anilines is 1. The van der Waals surface area contributed by atoms with Gasteiger partial charge in [-0.2, -0.15) is 13.2 Å². The summed E-state index contributed by atoms with van der Waals surface area (Å²) in [5.74, 6) is -0.510. The zero-order valence-electron chi connectivity index (χ0n) is 16.1. The van der Waals surface area contributed by atoms with Gasteiger partial charge < -0.3 is 25.4 Å². The van der Waals surface area contributed by atoms with Gasteiger partial charge in [0.15, 0.2) is 12.1 Å². The molecule has 0 radical (unpaired) electrons. The van der Waals surface area contributed by atoms with Crippen molar-refractivity contribution >= 4 is 28.6 Å². The highest BCUT2D eigenvalue weighted by Gasteiger charge is 2.60. The first kappa shape index (κ1) is 20.0. The largest absolute Gasteiger partial charge is 0.490 e. The average Bonchev–Trinajstić information content (AvgIpc) is 3.14. The van der Waals surface area contributed by atoms with Gasteiger partial charge in [-0.1, -0.05) is 0 Å². The predicted molar refractivity (Wildman–Crippen MR) is 100 cm³/mol. The van der Waals surface area contributed by atoms with Gasteiger partial charge in [-0.3, -0.25) is 4.79 Å². The minimum absolute atomic E-state index is 0.0479. The van der Waals surface area contributed by atoms with Crippen LogP contribution in [0.5, 0.6) is 5.75 Å². The van der Waals surface area contributed by atoms with Gasteiger partial charge in [-0.15, -0.1) is 0 Å². The molecule has 160 valence electrons. The fourth-order valence-corrected chi connectivity index (χ4v) is 3.95. The molecule has 3 heterocycles. The van der Waals surface area contributed by atoms with Crippen molar-refractivity contribution in [3.8, 4) is 5.75 Å². The molecule has 2 fully saturated rings. The number of ether oxygens (including phenoxy) is 2. The maximum Gasteiger partial charge on any atom is 0.412 e. The van der Waals surface area contributed by atoms with Gasteiger partial charge in [0.05, 0.1) is 17.7 Å². The molecule has 4 rings (SSSR count). The highest BCUT2D eigenvalue weighted by atomic mass is 19.4. The third kappa shape index (κ3) is 3.33. The summed E-state index contributed by atoms with van der Waals surface area (Å²) in [5, 5.41) is 3.25. The molecule has 2 aliphatic rings. The molecule has 2 saturated heterocycles. The van der Waals surface area contributed by atoms with Gasteiger partial charge >= 0.3 is 12.3 Å². The zero-order valence-corrected chi connectivity index (χ0v) is 16.1. The Balaban J connectivity index is 1.86. The van der Waals surface area contributed by atoms with Gasteiger partial charge in [0, 0.05) is 18.1 Å². The van der Waals surface area contributed by atoms with E-state index in [0.717, 1.165) is 4.90 Å². The Labute approximate surface area is 169 Å². The molecule has 3 atom stereocenters. The second-order valence-corrected chi connectivity index (χ2v) is 7.49. The molecule has 1 aromatic heterocycles. The van der Waals surface area contributed by atoms with Crippen LogP contribution in [-0.4, -0.2) is 54.0 Å². The second-order valence-electron chi connectivity index (χ2n) is 7.49. The highest BCUT2D eigenvalue weighted by molar-refractivity contribution is 6.03. The molecule has 2 aliphatic heterocycles. The lowest BCUT2D eigenvalue weighted by Gasteiger charge is -2.30. The Morgan fingerprint density at radius 3 is 2.77 bits per heavy atom. The van der Waals surface area contributed by atoms with Crippen LogP contribution in [-0.2, 0) is 4.74 Å².